The molecule has 1 N–H and O–H groups in total. The molecule has 0 aromatic carbocycles. The van der Waals surface area contributed by atoms with Gasteiger partial charge in [0.2, 0.25) is 5.91 Å². The lowest BCUT2D eigenvalue weighted by atomic mass is 10.2. The van der Waals surface area contributed by atoms with E-state index in [1.54, 1.807) is 4.90 Å². The van der Waals surface area contributed by atoms with Gasteiger partial charge in [-0.3, -0.25) is 4.79 Å². The summed E-state index contributed by atoms with van der Waals surface area (Å²) >= 11 is 0. The van der Waals surface area contributed by atoms with Crippen molar-refractivity contribution in [1.29, 1.82) is 0 Å². The smallest absolute Gasteiger partial charge is 0.328 e. The van der Waals surface area contributed by atoms with Gasteiger partial charge in [-0.1, -0.05) is 0 Å². The van der Waals surface area contributed by atoms with E-state index in [1.807, 2.05) is 6.92 Å². The molecular weight excluding hydrogens is 210 g/mol. The molecule has 0 spiro atoms. The maximum Gasteiger partial charge on any atom is 0.328 e. The van der Waals surface area contributed by atoms with E-state index in [0.717, 1.165) is 31.6 Å². The molecule has 1 fully saturated rings. The van der Waals surface area contributed by atoms with Crippen molar-refractivity contribution in [3.05, 3.63) is 12.2 Å². The molecule has 0 aliphatic carbocycles. The number of ether oxygens (including phenoxy) is 1. The molecule has 1 aliphatic rings. The Labute approximate surface area is 94.7 Å². The molecule has 1 amide bonds. The summed E-state index contributed by atoms with van der Waals surface area (Å²) in [5.41, 5.74) is 0. The van der Waals surface area contributed by atoms with Gasteiger partial charge in [0.15, 0.2) is 0 Å². The van der Waals surface area contributed by atoms with E-state index in [0.29, 0.717) is 13.1 Å². The van der Waals surface area contributed by atoms with E-state index in [9.17, 15) is 9.59 Å². The summed E-state index contributed by atoms with van der Waals surface area (Å²) in [7, 11) is 0. The van der Waals surface area contributed by atoms with Gasteiger partial charge in [-0.25, -0.2) is 4.79 Å². The predicted molar refractivity (Wildman–Crippen MR) is 58.0 cm³/mol. The Bertz CT molecular complexity index is 282. The molecule has 1 heterocycles. The Morgan fingerprint density at radius 2 is 2.25 bits per heavy atom. The molecule has 1 rings (SSSR count). The monoisotopic (exact) mass is 227 g/mol. The molecule has 1 aliphatic heterocycles. The lowest BCUT2D eigenvalue weighted by Gasteiger charge is -2.22. The molecule has 1 atom stereocenters. The molecule has 90 valence electrons. The minimum atomic E-state index is -1.11. The van der Waals surface area contributed by atoms with Crippen LogP contribution in [0.1, 0.15) is 19.8 Å². The van der Waals surface area contributed by atoms with Crippen molar-refractivity contribution in [2.45, 2.75) is 25.9 Å². The molecule has 5 heteroatoms. The number of aliphatic carboxylic acids is 1. The normalized spacial score (nSPS) is 20.2. The average Bonchev–Trinajstić information content (AvgIpc) is 2.75. The summed E-state index contributed by atoms with van der Waals surface area (Å²) in [6.07, 6.45) is 4.04. The lowest BCUT2D eigenvalue weighted by molar-refractivity contribution is -0.132. The van der Waals surface area contributed by atoms with Crippen LogP contribution in [0.4, 0.5) is 0 Å². The highest BCUT2D eigenvalue weighted by Gasteiger charge is 2.20. The fraction of sp³-hybridized carbons (Fsp3) is 0.636. The van der Waals surface area contributed by atoms with Crippen LogP contribution in [0.15, 0.2) is 12.2 Å². The molecule has 0 aromatic rings. The Kier molecular flexibility index (Phi) is 4.98. The molecule has 1 saturated heterocycles. The molecule has 16 heavy (non-hydrogen) atoms. The van der Waals surface area contributed by atoms with Crippen LogP contribution in [0.2, 0.25) is 0 Å². The fourth-order valence-electron chi connectivity index (χ4n) is 1.66. The number of carboxylic acids is 1. The van der Waals surface area contributed by atoms with Gasteiger partial charge in [0.25, 0.3) is 0 Å². The number of carboxylic acid groups (broad SMARTS) is 1. The maximum absolute atomic E-state index is 11.6. The van der Waals surface area contributed by atoms with Gasteiger partial charge in [-0.05, 0) is 19.8 Å². The van der Waals surface area contributed by atoms with Crippen LogP contribution in [-0.2, 0) is 14.3 Å². The van der Waals surface area contributed by atoms with E-state index in [-0.39, 0.29) is 12.0 Å². The second-order valence-electron chi connectivity index (χ2n) is 3.68. The molecule has 0 bridgehead atoms. The first-order valence-electron chi connectivity index (χ1n) is 5.45. The molecule has 5 nitrogen and oxygen atoms in total. The predicted octanol–water partition coefficient (Wildman–Crippen LogP) is 0.655. The second kappa shape index (κ2) is 6.27. The van der Waals surface area contributed by atoms with E-state index in [4.69, 9.17) is 9.84 Å². The van der Waals surface area contributed by atoms with E-state index in [2.05, 4.69) is 0 Å². The van der Waals surface area contributed by atoms with Crippen molar-refractivity contribution >= 4 is 11.9 Å². The van der Waals surface area contributed by atoms with E-state index < -0.39 is 5.97 Å². The molecule has 0 aromatic heterocycles. The lowest BCUT2D eigenvalue weighted by Crippen LogP contribution is -2.36. The quantitative estimate of drug-likeness (QED) is 0.700. The van der Waals surface area contributed by atoms with Gasteiger partial charge in [0.1, 0.15) is 0 Å². The summed E-state index contributed by atoms with van der Waals surface area (Å²) in [6.45, 7) is 3.71. The number of carbonyl (C=O) groups is 2. The third-order valence-electron chi connectivity index (χ3n) is 2.51. The number of amides is 1. The molecular formula is C11H17NO4. The van der Waals surface area contributed by atoms with Crippen LogP contribution >= 0.6 is 0 Å². The minimum absolute atomic E-state index is 0.0992. The fourth-order valence-corrected chi connectivity index (χ4v) is 1.66. The van der Waals surface area contributed by atoms with Crippen LogP contribution in [0.5, 0.6) is 0 Å². The van der Waals surface area contributed by atoms with Crippen molar-refractivity contribution < 1.29 is 19.4 Å². The number of carbonyl (C=O) groups excluding carboxylic acids is 1. The van der Waals surface area contributed by atoms with Crippen LogP contribution < -0.4 is 0 Å². The van der Waals surface area contributed by atoms with Gasteiger partial charge < -0.3 is 14.7 Å². The Balaban J connectivity index is 2.45. The first-order valence-corrected chi connectivity index (χ1v) is 5.45. The van der Waals surface area contributed by atoms with Crippen LogP contribution in [-0.4, -0.2) is 47.7 Å². The highest BCUT2D eigenvalue weighted by Crippen LogP contribution is 2.13. The minimum Gasteiger partial charge on any atom is -0.478 e. The average molecular weight is 227 g/mol. The largest absolute Gasteiger partial charge is 0.478 e. The van der Waals surface area contributed by atoms with Gasteiger partial charge in [0.05, 0.1) is 6.10 Å². The van der Waals surface area contributed by atoms with Gasteiger partial charge in [-0.2, -0.15) is 0 Å². The van der Waals surface area contributed by atoms with Crippen molar-refractivity contribution in [3.63, 3.8) is 0 Å². The Morgan fingerprint density at radius 1 is 1.50 bits per heavy atom. The van der Waals surface area contributed by atoms with E-state index in [1.165, 1.54) is 0 Å². The van der Waals surface area contributed by atoms with Gasteiger partial charge >= 0.3 is 5.97 Å². The maximum atomic E-state index is 11.6. The number of hydrogen-bond donors (Lipinski definition) is 1. The summed E-state index contributed by atoms with van der Waals surface area (Å²) in [6, 6.07) is 0. The third kappa shape index (κ3) is 4.02. The van der Waals surface area contributed by atoms with Crippen molar-refractivity contribution in [2.75, 3.05) is 19.7 Å². The van der Waals surface area contributed by atoms with Crippen molar-refractivity contribution in [3.8, 4) is 0 Å². The summed E-state index contributed by atoms with van der Waals surface area (Å²) in [5, 5.41) is 8.42. The van der Waals surface area contributed by atoms with Crippen LogP contribution in [0.25, 0.3) is 0 Å². The van der Waals surface area contributed by atoms with E-state index >= 15 is 0 Å². The third-order valence-corrected chi connectivity index (χ3v) is 2.51. The van der Waals surface area contributed by atoms with Crippen LogP contribution in [0, 0.1) is 0 Å². The van der Waals surface area contributed by atoms with Crippen molar-refractivity contribution in [2.24, 2.45) is 0 Å². The van der Waals surface area contributed by atoms with Crippen molar-refractivity contribution in [1.82, 2.24) is 4.90 Å². The number of nitrogens with zero attached hydrogens (tertiary/aromatic N) is 1. The number of hydrogen-bond acceptors (Lipinski definition) is 3. The summed E-state index contributed by atoms with van der Waals surface area (Å²) < 4.78 is 5.43. The SMILES string of the molecule is CCN(CC1CCCO1)C(=O)/C=C/C(=O)O. The number of likely N-dealkylation sites (N-methyl/N-ethyl adjacent to an activating group) is 1. The van der Waals surface area contributed by atoms with Crippen LogP contribution in [0.3, 0.4) is 0 Å². The first-order chi connectivity index (χ1) is 7.63. The van der Waals surface area contributed by atoms with Gasteiger partial charge in [-0.15, -0.1) is 0 Å². The Hall–Kier alpha value is -1.36. The van der Waals surface area contributed by atoms with Gasteiger partial charge in [0, 0.05) is 31.8 Å². The molecule has 1 unspecified atom stereocenters. The zero-order chi connectivity index (χ0) is 12.0. The highest BCUT2D eigenvalue weighted by atomic mass is 16.5. The second-order valence-corrected chi connectivity index (χ2v) is 3.68. The molecule has 0 radical (unpaired) electrons. The zero-order valence-electron chi connectivity index (χ0n) is 9.39. The number of rotatable bonds is 5. The Morgan fingerprint density at radius 3 is 2.75 bits per heavy atom. The summed E-state index contributed by atoms with van der Waals surface area (Å²) in [4.78, 5) is 23.5. The first kappa shape index (κ1) is 12.7. The standard InChI is InChI=1S/C11H17NO4/c1-2-12(8-9-4-3-7-16-9)10(13)5-6-11(14)15/h5-6,9H,2-4,7-8H2,1H3,(H,14,15)/b6-5+. The highest BCUT2D eigenvalue weighted by molar-refractivity contribution is 5.93. The molecule has 0 saturated carbocycles. The summed E-state index contributed by atoms with van der Waals surface area (Å²) in [5.74, 6) is -1.39. The zero-order valence-corrected chi connectivity index (χ0v) is 9.39. The topological polar surface area (TPSA) is 66.8 Å².